The molecule has 0 spiro atoms. The van der Waals surface area contributed by atoms with Gasteiger partial charge in [-0.15, -0.1) is 0 Å². The van der Waals surface area contributed by atoms with Crippen molar-refractivity contribution in [3.05, 3.63) is 72.2 Å². The summed E-state index contributed by atoms with van der Waals surface area (Å²) in [6.45, 7) is 3.52. The van der Waals surface area contributed by atoms with Crippen molar-refractivity contribution >= 4 is 29.1 Å². The van der Waals surface area contributed by atoms with Crippen LogP contribution in [0.2, 0.25) is 0 Å². The highest BCUT2D eigenvalue weighted by atomic mass is 32.1. The van der Waals surface area contributed by atoms with Crippen molar-refractivity contribution in [3.8, 4) is 0 Å². The van der Waals surface area contributed by atoms with Gasteiger partial charge in [0.05, 0.1) is 0 Å². The highest BCUT2D eigenvalue weighted by molar-refractivity contribution is 7.80. The molecule has 2 aromatic rings. The third-order valence-electron chi connectivity index (χ3n) is 3.95. The SMILES string of the molecule is Fc1cccc(NC(=S)N2CCN(C=Cc3ccccc3)CC2)c1. The van der Waals surface area contributed by atoms with E-state index in [1.807, 2.05) is 24.3 Å². The number of piperazine rings is 1. The highest BCUT2D eigenvalue weighted by Crippen LogP contribution is 2.12. The normalized spacial score (nSPS) is 14.9. The third-order valence-corrected chi connectivity index (χ3v) is 4.32. The number of anilines is 1. The minimum Gasteiger partial charge on any atom is -0.374 e. The fraction of sp³-hybridized carbons (Fsp3) is 0.211. The number of rotatable bonds is 3. The van der Waals surface area contributed by atoms with E-state index in [0.717, 1.165) is 26.2 Å². The fourth-order valence-electron chi connectivity index (χ4n) is 2.60. The van der Waals surface area contributed by atoms with E-state index in [1.54, 1.807) is 6.07 Å². The summed E-state index contributed by atoms with van der Waals surface area (Å²) in [5.74, 6) is -0.265. The zero-order valence-electron chi connectivity index (χ0n) is 13.4. The smallest absolute Gasteiger partial charge is 0.173 e. The molecule has 0 aromatic heterocycles. The lowest BCUT2D eigenvalue weighted by Crippen LogP contribution is -2.48. The first-order valence-corrected chi connectivity index (χ1v) is 8.40. The highest BCUT2D eigenvalue weighted by Gasteiger charge is 2.16. The molecule has 0 radical (unpaired) electrons. The number of halogens is 1. The van der Waals surface area contributed by atoms with Gasteiger partial charge in [0.1, 0.15) is 5.82 Å². The van der Waals surface area contributed by atoms with Crippen LogP contribution < -0.4 is 5.32 Å². The lowest BCUT2D eigenvalue weighted by atomic mass is 10.2. The van der Waals surface area contributed by atoms with Crippen LogP contribution in [-0.2, 0) is 0 Å². The Morgan fingerprint density at radius 2 is 1.75 bits per heavy atom. The molecule has 3 rings (SSSR count). The van der Waals surface area contributed by atoms with Crippen LogP contribution >= 0.6 is 12.2 Å². The Balaban J connectivity index is 1.49. The number of thiocarbonyl (C=S) groups is 1. The van der Waals surface area contributed by atoms with E-state index in [-0.39, 0.29) is 5.82 Å². The van der Waals surface area contributed by atoms with Gasteiger partial charge in [0.15, 0.2) is 5.11 Å². The summed E-state index contributed by atoms with van der Waals surface area (Å²) in [6, 6.07) is 16.6. The Labute approximate surface area is 147 Å². The maximum atomic E-state index is 13.2. The van der Waals surface area contributed by atoms with Gasteiger partial charge in [0.25, 0.3) is 0 Å². The summed E-state index contributed by atoms with van der Waals surface area (Å²) in [4.78, 5) is 4.40. The first-order chi connectivity index (χ1) is 11.7. The molecule has 0 amide bonds. The average molecular weight is 341 g/mol. The molecule has 3 nitrogen and oxygen atoms in total. The zero-order chi connectivity index (χ0) is 16.8. The second kappa shape index (κ2) is 7.93. The maximum Gasteiger partial charge on any atom is 0.173 e. The van der Waals surface area contributed by atoms with E-state index in [1.165, 1.54) is 17.7 Å². The van der Waals surface area contributed by atoms with Gasteiger partial charge in [-0.05, 0) is 48.3 Å². The average Bonchev–Trinajstić information content (AvgIpc) is 2.61. The molecule has 0 bridgehead atoms. The topological polar surface area (TPSA) is 18.5 Å². The molecule has 1 N–H and O–H groups in total. The molecule has 1 aliphatic heterocycles. The van der Waals surface area contributed by atoms with Gasteiger partial charge in [0.2, 0.25) is 0 Å². The van der Waals surface area contributed by atoms with Crippen molar-refractivity contribution in [2.75, 3.05) is 31.5 Å². The van der Waals surface area contributed by atoms with Crippen LogP contribution in [0.25, 0.3) is 6.08 Å². The van der Waals surface area contributed by atoms with Crippen molar-refractivity contribution in [2.45, 2.75) is 0 Å². The summed E-state index contributed by atoms with van der Waals surface area (Å²) in [7, 11) is 0. The fourth-order valence-corrected chi connectivity index (χ4v) is 2.90. The number of benzene rings is 2. The standard InChI is InChI=1S/C19H20FN3S/c20-17-7-4-8-18(15-17)21-19(24)23-13-11-22(12-14-23)10-9-16-5-2-1-3-6-16/h1-10,15H,11-14H2,(H,21,24). The Morgan fingerprint density at radius 1 is 1.00 bits per heavy atom. The molecule has 0 saturated carbocycles. The maximum absolute atomic E-state index is 13.2. The Morgan fingerprint density at radius 3 is 2.46 bits per heavy atom. The lowest BCUT2D eigenvalue weighted by Gasteiger charge is -2.35. The number of nitrogens with one attached hydrogen (secondary N) is 1. The first-order valence-electron chi connectivity index (χ1n) is 7.99. The van der Waals surface area contributed by atoms with E-state index in [9.17, 15) is 4.39 Å². The van der Waals surface area contributed by atoms with Gasteiger partial charge in [-0.25, -0.2) is 4.39 Å². The van der Waals surface area contributed by atoms with Crippen LogP contribution in [0.3, 0.4) is 0 Å². The van der Waals surface area contributed by atoms with Crippen LogP contribution in [0, 0.1) is 5.82 Å². The Bertz CT molecular complexity index is 710. The lowest BCUT2D eigenvalue weighted by molar-refractivity contribution is 0.241. The molecule has 1 saturated heterocycles. The molecule has 1 heterocycles. The minimum absolute atomic E-state index is 0.265. The van der Waals surface area contributed by atoms with Crippen molar-refractivity contribution in [2.24, 2.45) is 0 Å². The molecule has 24 heavy (non-hydrogen) atoms. The van der Waals surface area contributed by atoms with E-state index >= 15 is 0 Å². The predicted octanol–water partition coefficient (Wildman–Crippen LogP) is 3.81. The second-order valence-electron chi connectivity index (χ2n) is 5.69. The first kappa shape index (κ1) is 16.5. The quantitative estimate of drug-likeness (QED) is 0.856. The summed E-state index contributed by atoms with van der Waals surface area (Å²) >= 11 is 5.43. The minimum atomic E-state index is -0.265. The van der Waals surface area contributed by atoms with E-state index < -0.39 is 0 Å². The molecule has 2 aromatic carbocycles. The summed E-state index contributed by atoms with van der Waals surface area (Å²) in [5, 5.41) is 3.75. The molecule has 0 aliphatic carbocycles. The second-order valence-corrected chi connectivity index (χ2v) is 6.08. The van der Waals surface area contributed by atoms with Crippen molar-refractivity contribution in [3.63, 3.8) is 0 Å². The Hall–Kier alpha value is -2.40. The van der Waals surface area contributed by atoms with Crippen molar-refractivity contribution in [1.82, 2.24) is 9.80 Å². The van der Waals surface area contributed by atoms with Crippen LogP contribution in [0.15, 0.2) is 60.8 Å². The van der Waals surface area contributed by atoms with Gasteiger partial charge in [0, 0.05) is 31.9 Å². The van der Waals surface area contributed by atoms with Crippen molar-refractivity contribution in [1.29, 1.82) is 0 Å². The summed E-state index contributed by atoms with van der Waals surface area (Å²) < 4.78 is 13.2. The molecule has 1 fully saturated rings. The molecule has 1 aliphatic rings. The van der Waals surface area contributed by atoms with E-state index in [0.29, 0.717) is 10.8 Å². The van der Waals surface area contributed by atoms with Crippen LogP contribution in [-0.4, -0.2) is 41.1 Å². The zero-order valence-corrected chi connectivity index (χ0v) is 14.2. The number of hydrogen-bond donors (Lipinski definition) is 1. The van der Waals surface area contributed by atoms with Crippen LogP contribution in [0.1, 0.15) is 5.56 Å². The van der Waals surface area contributed by atoms with Crippen LogP contribution in [0.5, 0.6) is 0 Å². The predicted molar refractivity (Wildman–Crippen MR) is 101 cm³/mol. The van der Waals surface area contributed by atoms with Gasteiger partial charge in [-0.1, -0.05) is 36.4 Å². The molecule has 5 heteroatoms. The van der Waals surface area contributed by atoms with Crippen molar-refractivity contribution < 1.29 is 4.39 Å². The monoisotopic (exact) mass is 341 g/mol. The van der Waals surface area contributed by atoms with Gasteiger partial charge < -0.3 is 15.1 Å². The molecular formula is C19H20FN3S. The van der Waals surface area contributed by atoms with E-state index in [2.05, 4.69) is 39.5 Å². The summed E-state index contributed by atoms with van der Waals surface area (Å²) in [5.41, 5.74) is 1.88. The van der Waals surface area contributed by atoms with Gasteiger partial charge in [-0.2, -0.15) is 0 Å². The largest absolute Gasteiger partial charge is 0.374 e. The number of nitrogens with zero attached hydrogens (tertiary/aromatic N) is 2. The van der Waals surface area contributed by atoms with Gasteiger partial charge in [-0.3, -0.25) is 0 Å². The molecule has 0 unspecified atom stereocenters. The Kier molecular flexibility index (Phi) is 5.43. The number of hydrogen-bond acceptors (Lipinski definition) is 2. The molecule has 0 atom stereocenters. The third kappa shape index (κ3) is 4.55. The van der Waals surface area contributed by atoms with Crippen LogP contribution in [0.4, 0.5) is 10.1 Å². The summed E-state index contributed by atoms with van der Waals surface area (Å²) in [6.07, 6.45) is 4.26. The van der Waals surface area contributed by atoms with E-state index in [4.69, 9.17) is 12.2 Å². The molecular weight excluding hydrogens is 321 g/mol. The van der Waals surface area contributed by atoms with Gasteiger partial charge >= 0.3 is 0 Å². The molecule has 124 valence electrons.